The molecule has 1 saturated heterocycles. The normalized spacial score (nSPS) is 15.7. The number of benzene rings is 1. The second-order valence-electron chi connectivity index (χ2n) is 11.0. The molecule has 0 radical (unpaired) electrons. The Morgan fingerprint density at radius 1 is 1.14 bits per heavy atom. The van der Waals surface area contributed by atoms with Crippen LogP contribution in [0.3, 0.4) is 0 Å². The second kappa shape index (κ2) is 11.8. The van der Waals surface area contributed by atoms with Gasteiger partial charge in [0.1, 0.15) is 11.4 Å². The van der Waals surface area contributed by atoms with Gasteiger partial charge in [-0.25, -0.2) is 9.59 Å². The minimum absolute atomic E-state index is 0.125. The molecule has 0 saturated carbocycles. The minimum Gasteiger partial charge on any atom is -0.444 e. The number of imidazole rings is 1. The third kappa shape index (κ3) is 7.07. The van der Waals surface area contributed by atoms with Crippen LogP contribution in [0.15, 0.2) is 33.9 Å². The van der Waals surface area contributed by atoms with Crippen LogP contribution in [0.25, 0.3) is 11.2 Å². The molecule has 0 bridgehead atoms. The van der Waals surface area contributed by atoms with E-state index in [1.807, 2.05) is 4.90 Å². The molecule has 14 heteroatoms. The van der Waals surface area contributed by atoms with Crippen molar-refractivity contribution in [3.63, 3.8) is 0 Å². The highest BCUT2D eigenvalue weighted by atomic mass is 19.4. The van der Waals surface area contributed by atoms with E-state index in [0.29, 0.717) is 24.6 Å². The first-order valence-electron chi connectivity index (χ1n) is 13.4. The number of amides is 1. The van der Waals surface area contributed by atoms with Gasteiger partial charge in [-0.05, 0) is 58.2 Å². The van der Waals surface area contributed by atoms with Crippen molar-refractivity contribution in [3.05, 3.63) is 50.7 Å². The van der Waals surface area contributed by atoms with Gasteiger partial charge in [-0.1, -0.05) is 18.1 Å². The Morgan fingerprint density at radius 2 is 1.83 bits per heavy atom. The average Bonchev–Trinajstić information content (AvgIpc) is 3.27. The van der Waals surface area contributed by atoms with Crippen LogP contribution in [-0.2, 0) is 24.9 Å². The van der Waals surface area contributed by atoms with Gasteiger partial charge >= 0.3 is 18.1 Å². The molecule has 1 aliphatic rings. The molecule has 1 amide bonds. The van der Waals surface area contributed by atoms with E-state index < -0.39 is 35.1 Å². The van der Waals surface area contributed by atoms with Crippen molar-refractivity contribution in [1.82, 2.24) is 24.0 Å². The maximum absolute atomic E-state index is 13.8. The molecule has 42 heavy (non-hydrogen) atoms. The van der Waals surface area contributed by atoms with E-state index in [4.69, 9.17) is 4.74 Å². The number of halogens is 3. The van der Waals surface area contributed by atoms with Crippen LogP contribution >= 0.6 is 0 Å². The van der Waals surface area contributed by atoms with Gasteiger partial charge in [-0.2, -0.15) is 4.98 Å². The molecule has 226 valence electrons. The number of anilines is 1. The number of nitrogens with zero attached hydrogens (tertiary/aromatic N) is 5. The molecule has 1 aliphatic heterocycles. The molecule has 4 rings (SSSR count). The molecule has 1 N–H and O–H groups in total. The number of hydrogen-bond donors (Lipinski definition) is 1. The zero-order valence-corrected chi connectivity index (χ0v) is 24.0. The highest BCUT2D eigenvalue weighted by molar-refractivity contribution is 5.75. The highest BCUT2D eigenvalue weighted by Crippen LogP contribution is 2.25. The van der Waals surface area contributed by atoms with E-state index in [9.17, 15) is 27.6 Å². The van der Waals surface area contributed by atoms with Crippen LogP contribution in [0.2, 0.25) is 0 Å². The summed E-state index contributed by atoms with van der Waals surface area (Å²) in [5.41, 5.74) is -1.13. The van der Waals surface area contributed by atoms with Gasteiger partial charge < -0.3 is 19.7 Å². The van der Waals surface area contributed by atoms with Crippen LogP contribution < -0.4 is 26.2 Å². The number of alkyl halides is 3. The summed E-state index contributed by atoms with van der Waals surface area (Å²) >= 11 is 0. The molecule has 0 unspecified atom stereocenters. The van der Waals surface area contributed by atoms with Gasteiger partial charge in [0.2, 0.25) is 5.95 Å². The van der Waals surface area contributed by atoms with E-state index >= 15 is 0 Å². The van der Waals surface area contributed by atoms with Gasteiger partial charge in [0.25, 0.3) is 5.56 Å². The first-order chi connectivity index (χ1) is 19.7. The number of alkyl carbamates (subject to hydrolysis) is 1. The van der Waals surface area contributed by atoms with Crippen LogP contribution in [0, 0.1) is 11.8 Å². The third-order valence-electron chi connectivity index (χ3n) is 6.55. The summed E-state index contributed by atoms with van der Waals surface area (Å²) in [6.07, 6.45) is -3.90. The topological polar surface area (TPSA) is 113 Å². The van der Waals surface area contributed by atoms with Crippen LogP contribution in [-0.4, -0.2) is 55.9 Å². The average molecular weight is 591 g/mol. The lowest BCUT2D eigenvalue weighted by Crippen LogP contribution is -2.49. The number of aromatic nitrogens is 4. The monoisotopic (exact) mass is 590 g/mol. The van der Waals surface area contributed by atoms with E-state index in [2.05, 4.69) is 26.9 Å². The van der Waals surface area contributed by atoms with Gasteiger partial charge in [0.15, 0.2) is 11.2 Å². The molecule has 11 nitrogen and oxygen atoms in total. The number of rotatable bonds is 6. The molecule has 1 fully saturated rings. The number of piperidine rings is 1. The Labute approximate surface area is 239 Å². The highest BCUT2D eigenvalue weighted by Gasteiger charge is 2.31. The first-order valence-corrected chi connectivity index (χ1v) is 13.4. The summed E-state index contributed by atoms with van der Waals surface area (Å²) in [5, 5.41) is 2.90. The van der Waals surface area contributed by atoms with Crippen LogP contribution in [0.1, 0.15) is 46.1 Å². The molecule has 0 aliphatic carbocycles. The number of ether oxygens (including phenoxy) is 2. The molecular weight excluding hydrogens is 557 g/mol. The number of carbonyl (C=O) groups excluding carboxylic acids is 1. The van der Waals surface area contributed by atoms with Crippen molar-refractivity contribution in [2.75, 3.05) is 18.0 Å². The number of carbonyl (C=O) groups is 1. The van der Waals surface area contributed by atoms with Gasteiger partial charge in [0, 0.05) is 26.2 Å². The Bertz CT molecular complexity index is 1640. The molecule has 3 heterocycles. The van der Waals surface area contributed by atoms with E-state index in [0.717, 1.165) is 29.5 Å². The lowest BCUT2D eigenvalue weighted by Gasteiger charge is -2.34. The lowest BCUT2D eigenvalue weighted by atomic mass is 10.1. The zero-order chi connectivity index (χ0) is 30.8. The summed E-state index contributed by atoms with van der Waals surface area (Å²) in [7, 11) is 1.50. The number of aryl methyl sites for hydroxylation is 1. The zero-order valence-electron chi connectivity index (χ0n) is 24.0. The number of fused-ring (bicyclic) bond motifs is 1. The van der Waals surface area contributed by atoms with Crippen molar-refractivity contribution < 1.29 is 27.4 Å². The fraction of sp³-hybridized carbons (Fsp3) is 0.500. The van der Waals surface area contributed by atoms with Gasteiger partial charge in [0.05, 0.1) is 13.1 Å². The Kier molecular flexibility index (Phi) is 8.60. The second-order valence-corrected chi connectivity index (χ2v) is 11.0. The predicted octanol–water partition coefficient (Wildman–Crippen LogP) is 3.36. The third-order valence-corrected chi connectivity index (χ3v) is 6.55. The van der Waals surface area contributed by atoms with Crippen molar-refractivity contribution in [1.29, 1.82) is 0 Å². The van der Waals surface area contributed by atoms with Gasteiger partial charge in [-0.15, -0.1) is 19.1 Å². The predicted molar refractivity (Wildman–Crippen MR) is 150 cm³/mol. The quantitative estimate of drug-likeness (QED) is 0.438. The minimum atomic E-state index is -4.84. The van der Waals surface area contributed by atoms with Crippen molar-refractivity contribution >= 4 is 23.2 Å². The fourth-order valence-corrected chi connectivity index (χ4v) is 4.78. The van der Waals surface area contributed by atoms with Crippen LogP contribution in [0.5, 0.6) is 5.75 Å². The van der Waals surface area contributed by atoms with Crippen molar-refractivity contribution in [2.24, 2.45) is 7.05 Å². The van der Waals surface area contributed by atoms with E-state index in [1.54, 1.807) is 32.3 Å². The maximum atomic E-state index is 13.8. The molecule has 0 spiro atoms. The number of hydrogen-bond acceptors (Lipinski definition) is 7. The van der Waals surface area contributed by atoms with Gasteiger partial charge in [-0.3, -0.25) is 18.5 Å². The number of nitrogens with one attached hydrogen (secondary N) is 1. The Balaban J connectivity index is 1.70. The van der Waals surface area contributed by atoms with E-state index in [1.165, 1.54) is 23.7 Å². The largest absolute Gasteiger partial charge is 0.573 e. The maximum Gasteiger partial charge on any atom is 0.573 e. The first kappa shape index (κ1) is 30.5. The molecule has 3 aromatic rings. The summed E-state index contributed by atoms with van der Waals surface area (Å²) in [6.45, 7) is 7.96. The molecule has 1 aromatic carbocycles. The smallest absolute Gasteiger partial charge is 0.444 e. The fourth-order valence-electron chi connectivity index (χ4n) is 4.78. The summed E-state index contributed by atoms with van der Waals surface area (Å²) < 4.78 is 50.8. The summed E-state index contributed by atoms with van der Waals surface area (Å²) in [4.78, 5) is 46.0. The molecule has 2 aromatic heterocycles. The van der Waals surface area contributed by atoms with Crippen molar-refractivity contribution in [2.45, 2.75) is 71.6 Å². The van der Waals surface area contributed by atoms with E-state index in [-0.39, 0.29) is 30.3 Å². The standard InChI is InChI=1S/C28H33F3N6O5/c1-6-7-15-36-21-22(33-24(36)35-14-8-9-19(17-35)32-25(39)42-27(2,3)4)34(5)26(40)37(23(21)38)16-18-10-12-20(13-11-18)41-28(29,30)31/h10-13,19H,8-9,14-17H2,1-5H3,(H,32,39)/t19-/m1/s1. The van der Waals surface area contributed by atoms with Crippen LogP contribution in [0.4, 0.5) is 23.9 Å². The molecule has 1 atom stereocenters. The summed E-state index contributed by atoms with van der Waals surface area (Å²) in [5.74, 6) is 5.80. The summed E-state index contributed by atoms with van der Waals surface area (Å²) in [6, 6.07) is 4.72. The SMILES string of the molecule is CC#CCn1c(N2CCC[C@@H](NC(=O)OC(C)(C)C)C2)nc2c1c(=O)n(Cc1ccc(OC(F)(F)F)cc1)c(=O)n2C. The lowest BCUT2D eigenvalue weighted by molar-refractivity contribution is -0.274. The van der Waals surface area contributed by atoms with Crippen molar-refractivity contribution in [3.8, 4) is 17.6 Å². The molecular formula is C28H33F3N6O5. The Morgan fingerprint density at radius 3 is 2.45 bits per heavy atom. The Hall–Kier alpha value is -4.41.